The third-order valence-electron chi connectivity index (χ3n) is 2.98. The average molecular weight is 233 g/mol. The van der Waals surface area contributed by atoms with Crippen molar-refractivity contribution in [1.29, 1.82) is 0 Å². The van der Waals surface area contributed by atoms with Gasteiger partial charge in [0.15, 0.2) is 0 Å². The Balaban J connectivity index is 2.80. The second-order valence-electron chi connectivity index (χ2n) is 3.95. The van der Waals surface area contributed by atoms with Crippen LogP contribution in [0.3, 0.4) is 0 Å². The second-order valence-corrected chi connectivity index (χ2v) is 3.95. The van der Waals surface area contributed by atoms with Crippen LogP contribution >= 0.6 is 0 Å². The van der Waals surface area contributed by atoms with Crippen molar-refractivity contribution in [3.05, 3.63) is 29.0 Å². The van der Waals surface area contributed by atoms with Gasteiger partial charge >= 0.3 is 5.97 Å². The van der Waals surface area contributed by atoms with Crippen LogP contribution in [0.15, 0.2) is 12.1 Å². The van der Waals surface area contributed by atoms with Crippen LogP contribution in [-0.2, 0) is 4.74 Å². The second kappa shape index (κ2) is 4.13. The quantitative estimate of drug-likeness (QED) is 0.811. The Morgan fingerprint density at radius 2 is 1.94 bits per heavy atom. The van der Waals surface area contributed by atoms with Crippen LogP contribution in [0, 0.1) is 13.8 Å². The van der Waals surface area contributed by atoms with Gasteiger partial charge in [-0.1, -0.05) is 6.07 Å². The lowest BCUT2D eigenvalue weighted by Gasteiger charge is -2.03. The van der Waals surface area contributed by atoms with Crippen LogP contribution in [-0.4, -0.2) is 25.2 Å². The topological polar surface area (TPSA) is 51.3 Å². The molecule has 0 aliphatic heterocycles. The molecule has 0 atom stereocenters. The number of H-pyrrole nitrogens is 1. The number of benzene rings is 1. The molecule has 2 aromatic rings. The van der Waals surface area contributed by atoms with E-state index in [9.17, 15) is 4.79 Å². The number of aromatic nitrogens is 1. The highest BCUT2D eigenvalue weighted by Gasteiger charge is 2.18. The maximum absolute atomic E-state index is 11.6. The number of ether oxygens (including phenoxy) is 2. The van der Waals surface area contributed by atoms with Gasteiger partial charge in [0.25, 0.3) is 0 Å². The molecule has 1 N–H and O–H groups in total. The van der Waals surface area contributed by atoms with Gasteiger partial charge in [0.05, 0.1) is 19.7 Å². The van der Waals surface area contributed by atoms with E-state index in [4.69, 9.17) is 9.47 Å². The highest BCUT2D eigenvalue weighted by atomic mass is 16.5. The van der Waals surface area contributed by atoms with Crippen LogP contribution in [0.1, 0.15) is 21.6 Å². The molecule has 0 aliphatic carbocycles. The Bertz CT molecular complexity index is 584. The lowest BCUT2D eigenvalue weighted by atomic mass is 10.1. The van der Waals surface area contributed by atoms with E-state index in [0.29, 0.717) is 5.69 Å². The summed E-state index contributed by atoms with van der Waals surface area (Å²) in [6, 6.07) is 3.86. The predicted octanol–water partition coefficient (Wildman–Crippen LogP) is 2.58. The molecule has 0 spiro atoms. The Labute approximate surface area is 99.5 Å². The first-order valence-electron chi connectivity index (χ1n) is 5.34. The molecule has 2 rings (SSSR count). The number of hydrogen-bond acceptors (Lipinski definition) is 3. The molecule has 0 saturated carbocycles. The molecule has 1 aromatic heterocycles. The van der Waals surface area contributed by atoms with Crippen LogP contribution in [0.5, 0.6) is 5.75 Å². The molecular weight excluding hydrogens is 218 g/mol. The largest absolute Gasteiger partial charge is 0.495 e. The molecule has 0 amide bonds. The number of rotatable bonds is 2. The molecule has 0 aliphatic rings. The van der Waals surface area contributed by atoms with E-state index in [1.807, 2.05) is 26.0 Å². The summed E-state index contributed by atoms with van der Waals surface area (Å²) in [7, 11) is 2.98. The molecule has 0 radical (unpaired) electrons. The van der Waals surface area contributed by atoms with Gasteiger partial charge in [-0.25, -0.2) is 4.79 Å². The first-order chi connectivity index (χ1) is 8.10. The molecular formula is C13H15NO3. The third-order valence-corrected chi connectivity index (χ3v) is 2.98. The van der Waals surface area contributed by atoms with Crippen molar-refractivity contribution >= 4 is 16.9 Å². The number of aryl methyl sites for hydroxylation is 2. The number of methoxy groups -OCH3 is 2. The Kier molecular flexibility index (Phi) is 2.79. The van der Waals surface area contributed by atoms with Crippen LogP contribution in [0.2, 0.25) is 0 Å². The summed E-state index contributed by atoms with van der Waals surface area (Å²) in [5.41, 5.74) is 3.31. The highest BCUT2D eigenvalue weighted by molar-refractivity contribution is 6.01. The summed E-state index contributed by atoms with van der Waals surface area (Å²) in [6.45, 7) is 3.90. The Morgan fingerprint density at radius 3 is 2.53 bits per heavy atom. The summed E-state index contributed by atoms with van der Waals surface area (Å²) in [4.78, 5) is 14.7. The molecule has 4 heteroatoms. The average Bonchev–Trinajstić information content (AvgIpc) is 2.68. The Hall–Kier alpha value is -1.97. The number of nitrogens with one attached hydrogen (secondary N) is 1. The summed E-state index contributed by atoms with van der Waals surface area (Å²) in [5, 5.41) is 1.02. The number of hydrogen-bond donors (Lipinski definition) is 1. The van der Waals surface area contributed by atoms with E-state index in [-0.39, 0.29) is 5.97 Å². The maximum Gasteiger partial charge on any atom is 0.354 e. The maximum atomic E-state index is 11.6. The van der Waals surface area contributed by atoms with Crippen molar-refractivity contribution in [2.75, 3.05) is 14.2 Å². The van der Waals surface area contributed by atoms with Crippen molar-refractivity contribution in [2.45, 2.75) is 13.8 Å². The molecule has 0 fully saturated rings. The minimum atomic E-state index is -0.361. The number of fused-ring (bicyclic) bond motifs is 1. The molecule has 90 valence electrons. The molecule has 0 unspecified atom stereocenters. The zero-order chi connectivity index (χ0) is 12.6. The van der Waals surface area contributed by atoms with E-state index in [0.717, 1.165) is 27.8 Å². The number of aromatic amines is 1. The van der Waals surface area contributed by atoms with Gasteiger partial charge < -0.3 is 14.5 Å². The minimum absolute atomic E-state index is 0.361. The van der Waals surface area contributed by atoms with Gasteiger partial charge in [0.1, 0.15) is 11.4 Å². The van der Waals surface area contributed by atoms with Crippen molar-refractivity contribution in [3.8, 4) is 5.75 Å². The molecule has 4 nitrogen and oxygen atoms in total. The zero-order valence-electron chi connectivity index (χ0n) is 10.4. The summed E-state index contributed by atoms with van der Waals surface area (Å²) in [5.74, 6) is 0.365. The Morgan fingerprint density at radius 1 is 1.24 bits per heavy atom. The first kappa shape index (κ1) is 11.5. The molecule has 0 bridgehead atoms. The first-order valence-corrected chi connectivity index (χ1v) is 5.34. The number of carbonyl (C=O) groups is 1. The van der Waals surface area contributed by atoms with E-state index in [1.165, 1.54) is 7.11 Å². The van der Waals surface area contributed by atoms with Crippen LogP contribution in [0.4, 0.5) is 0 Å². The van der Waals surface area contributed by atoms with Gasteiger partial charge in [0.2, 0.25) is 0 Å². The van der Waals surface area contributed by atoms with Gasteiger partial charge in [-0.2, -0.15) is 0 Å². The number of carbonyl (C=O) groups excluding carboxylic acids is 1. The standard InChI is InChI=1S/C13H15NO3/c1-7-5-6-9(16-3)12-10(7)8(2)11(14-12)13(15)17-4/h5-6,14H,1-4H3. The van der Waals surface area contributed by atoms with Crippen molar-refractivity contribution in [3.63, 3.8) is 0 Å². The molecule has 0 saturated heterocycles. The summed E-state index contributed by atoms with van der Waals surface area (Å²) >= 11 is 0. The molecule has 1 heterocycles. The van der Waals surface area contributed by atoms with Gasteiger partial charge in [0, 0.05) is 5.39 Å². The summed E-state index contributed by atoms with van der Waals surface area (Å²) < 4.78 is 10.0. The SMILES string of the molecule is COC(=O)c1[nH]c2c(OC)ccc(C)c2c1C. The van der Waals surface area contributed by atoms with Crippen LogP contribution < -0.4 is 4.74 Å². The fourth-order valence-electron chi connectivity index (χ4n) is 2.12. The van der Waals surface area contributed by atoms with E-state index in [1.54, 1.807) is 7.11 Å². The molecule has 17 heavy (non-hydrogen) atoms. The normalized spacial score (nSPS) is 10.6. The van der Waals surface area contributed by atoms with E-state index >= 15 is 0 Å². The lowest BCUT2D eigenvalue weighted by Crippen LogP contribution is -2.03. The minimum Gasteiger partial charge on any atom is -0.495 e. The molecule has 1 aromatic carbocycles. The fourth-order valence-corrected chi connectivity index (χ4v) is 2.12. The fraction of sp³-hybridized carbons (Fsp3) is 0.308. The van der Waals surface area contributed by atoms with E-state index < -0.39 is 0 Å². The smallest absolute Gasteiger partial charge is 0.354 e. The number of esters is 1. The van der Waals surface area contributed by atoms with Crippen molar-refractivity contribution in [1.82, 2.24) is 4.98 Å². The highest BCUT2D eigenvalue weighted by Crippen LogP contribution is 2.32. The monoisotopic (exact) mass is 233 g/mol. The summed E-state index contributed by atoms with van der Waals surface area (Å²) in [6.07, 6.45) is 0. The van der Waals surface area contributed by atoms with Crippen molar-refractivity contribution < 1.29 is 14.3 Å². The van der Waals surface area contributed by atoms with Gasteiger partial charge in [-0.3, -0.25) is 0 Å². The third kappa shape index (κ3) is 1.65. The van der Waals surface area contributed by atoms with Gasteiger partial charge in [-0.15, -0.1) is 0 Å². The van der Waals surface area contributed by atoms with Gasteiger partial charge in [-0.05, 0) is 31.0 Å². The van der Waals surface area contributed by atoms with E-state index in [2.05, 4.69) is 4.98 Å². The zero-order valence-corrected chi connectivity index (χ0v) is 10.4. The van der Waals surface area contributed by atoms with Crippen molar-refractivity contribution in [2.24, 2.45) is 0 Å². The van der Waals surface area contributed by atoms with Crippen LogP contribution in [0.25, 0.3) is 10.9 Å². The lowest BCUT2D eigenvalue weighted by molar-refractivity contribution is 0.0594. The predicted molar refractivity (Wildman–Crippen MR) is 65.7 cm³/mol.